The van der Waals surface area contributed by atoms with Gasteiger partial charge < -0.3 is 4.90 Å². The van der Waals surface area contributed by atoms with Gasteiger partial charge in [-0.25, -0.2) is 0 Å². The van der Waals surface area contributed by atoms with Gasteiger partial charge in [-0.3, -0.25) is 9.69 Å². The molecule has 0 unspecified atom stereocenters. The molecule has 0 N–H and O–H groups in total. The van der Waals surface area contributed by atoms with Crippen LogP contribution in [0.4, 0.5) is 0 Å². The Balaban J connectivity index is 1.43. The summed E-state index contributed by atoms with van der Waals surface area (Å²) in [5.41, 5.74) is 3.66. The third kappa shape index (κ3) is 2.77. The molecule has 0 radical (unpaired) electrons. The second kappa shape index (κ2) is 6.02. The van der Waals surface area contributed by atoms with Crippen molar-refractivity contribution < 1.29 is 4.79 Å². The van der Waals surface area contributed by atoms with Gasteiger partial charge in [0.15, 0.2) is 0 Å². The second-order valence-electron chi connectivity index (χ2n) is 6.37. The minimum atomic E-state index is 0.0948. The number of rotatable bonds is 2. The largest absolute Gasteiger partial charge is 0.336 e. The number of carbonyl (C=O) groups is 1. The molecule has 0 bridgehead atoms. The first kappa shape index (κ1) is 14.8. The third-order valence-electron chi connectivity index (χ3n) is 4.97. The first-order valence-electron chi connectivity index (χ1n) is 8.11. The minimum Gasteiger partial charge on any atom is -0.336 e. The van der Waals surface area contributed by atoms with Crippen LogP contribution >= 0.6 is 11.5 Å². The van der Waals surface area contributed by atoms with E-state index in [0.717, 1.165) is 44.7 Å². The lowest BCUT2D eigenvalue weighted by Gasteiger charge is -2.33. The Morgan fingerprint density at radius 1 is 1.26 bits per heavy atom. The Morgan fingerprint density at radius 2 is 2.09 bits per heavy atom. The molecule has 5 nitrogen and oxygen atoms in total. The number of hydrogen-bond donors (Lipinski definition) is 0. The fourth-order valence-corrected chi connectivity index (χ4v) is 4.25. The minimum absolute atomic E-state index is 0.0948. The topological polar surface area (TPSA) is 49.3 Å². The van der Waals surface area contributed by atoms with Crippen molar-refractivity contribution in [1.29, 1.82) is 0 Å². The normalized spacial score (nSPS) is 21.4. The van der Waals surface area contributed by atoms with Crippen LogP contribution in [0.1, 0.15) is 32.9 Å². The quantitative estimate of drug-likeness (QED) is 0.847. The molecule has 2 aliphatic rings. The SMILES string of the molecule is Cc1nnsc1C(=O)N1CC[C@@H](N2CCc3ccccc3C2)C1. The highest BCUT2D eigenvalue weighted by molar-refractivity contribution is 7.07. The van der Waals surface area contributed by atoms with Gasteiger partial charge in [0.05, 0.1) is 5.69 Å². The summed E-state index contributed by atoms with van der Waals surface area (Å²) in [6, 6.07) is 9.17. The average molecular weight is 328 g/mol. The Kier molecular flexibility index (Phi) is 3.87. The number of aryl methyl sites for hydroxylation is 1. The Morgan fingerprint density at radius 3 is 2.87 bits per heavy atom. The van der Waals surface area contributed by atoms with Gasteiger partial charge in [-0.1, -0.05) is 28.8 Å². The lowest BCUT2D eigenvalue weighted by atomic mass is 9.98. The first-order chi connectivity index (χ1) is 11.2. The van der Waals surface area contributed by atoms with Crippen molar-refractivity contribution in [2.24, 2.45) is 0 Å². The molecular weight excluding hydrogens is 308 g/mol. The summed E-state index contributed by atoms with van der Waals surface area (Å²) < 4.78 is 3.88. The highest BCUT2D eigenvalue weighted by Crippen LogP contribution is 2.25. The van der Waals surface area contributed by atoms with Crippen molar-refractivity contribution in [3.8, 4) is 0 Å². The van der Waals surface area contributed by atoms with Crippen molar-refractivity contribution in [1.82, 2.24) is 19.4 Å². The maximum absolute atomic E-state index is 12.6. The van der Waals surface area contributed by atoms with Crippen molar-refractivity contribution in [2.75, 3.05) is 19.6 Å². The van der Waals surface area contributed by atoms with Crippen LogP contribution in [0.15, 0.2) is 24.3 Å². The highest BCUT2D eigenvalue weighted by atomic mass is 32.1. The number of nitrogens with zero attached hydrogens (tertiary/aromatic N) is 4. The molecule has 1 atom stereocenters. The number of aromatic nitrogens is 2. The van der Waals surface area contributed by atoms with Crippen LogP contribution in [-0.2, 0) is 13.0 Å². The van der Waals surface area contributed by atoms with E-state index in [9.17, 15) is 4.79 Å². The van der Waals surface area contributed by atoms with Gasteiger partial charge in [0, 0.05) is 32.2 Å². The van der Waals surface area contributed by atoms with Crippen LogP contribution in [0.5, 0.6) is 0 Å². The summed E-state index contributed by atoms with van der Waals surface area (Å²) in [6.45, 7) is 5.60. The number of likely N-dealkylation sites (tertiary alicyclic amines) is 1. The number of amides is 1. The number of hydrogen-bond acceptors (Lipinski definition) is 5. The van der Waals surface area contributed by atoms with Crippen LogP contribution in [0.25, 0.3) is 0 Å². The van der Waals surface area contributed by atoms with E-state index in [1.165, 1.54) is 22.7 Å². The summed E-state index contributed by atoms with van der Waals surface area (Å²) in [5, 5.41) is 3.95. The lowest BCUT2D eigenvalue weighted by molar-refractivity contribution is 0.0777. The zero-order chi connectivity index (χ0) is 15.8. The van der Waals surface area contributed by atoms with Crippen LogP contribution in [0, 0.1) is 6.92 Å². The molecule has 0 aliphatic carbocycles. The van der Waals surface area contributed by atoms with Crippen molar-refractivity contribution in [3.63, 3.8) is 0 Å². The fourth-order valence-electron chi connectivity index (χ4n) is 3.62. The van der Waals surface area contributed by atoms with E-state index in [-0.39, 0.29) is 5.91 Å². The van der Waals surface area contributed by atoms with E-state index in [2.05, 4.69) is 38.8 Å². The van der Waals surface area contributed by atoms with E-state index in [4.69, 9.17) is 0 Å². The molecule has 120 valence electrons. The summed E-state index contributed by atoms with van der Waals surface area (Å²) in [6.07, 6.45) is 2.16. The molecular formula is C17H20N4OS. The molecule has 4 rings (SSSR count). The number of benzene rings is 1. The Hall–Kier alpha value is -1.79. The van der Waals surface area contributed by atoms with E-state index in [1.54, 1.807) is 0 Å². The van der Waals surface area contributed by atoms with Gasteiger partial charge in [0.2, 0.25) is 0 Å². The number of fused-ring (bicyclic) bond motifs is 1. The standard InChI is InChI=1S/C17H20N4OS/c1-12-16(23-19-18-12)17(22)21-9-7-15(11-21)20-8-6-13-4-2-3-5-14(13)10-20/h2-5,15H,6-11H2,1H3/t15-/m1/s1. The maximum atomic E-state index is 12.6. The van der Waals surface area contributed by atoms with Crippen molar-refractivity contribution in [2.45, 2.75) is 32.4 Å². The summed E-state index contributed by atoms with van der Waals surface area (Å²) in [7, 11) is 0. The summed E-state index contributed by atoms with van der Waals surface area (Å²) in [4.78, 5) is 17.8. The number of carbonyl (C=O) groups excluding carboxylic acids is 1. The highest BCUT2D eigenvalue weighted by Gasteiger charge is 2.33. The van der Waals surface area contributed by atoms with Gasteiger partial charge >= 0.3 is 0 Å². The molecule has 3 heterocycles. The third-order valence-corrected chi connectivity index (χ3v) is 5.79. The van der Waals surface area contributed by atoms with E-state index >= 15 is 0 Å². The average Bonchev–Trinajstić information content (AvgIpc) is 3.23. The molecule has 0 spiro atoms. The van der Waals surface area contributed by atoms with Crippen LogP contribution in [-0.4, -0.2) is 51.0 Å². The van der Waals surface area contributed by atoms with Crippen molar-refractivity contribution >= 4 is 17.4 Å². The summed E-state index contributed by atoms with van der Waals surface area (Å²) >= 11 is 1.21. The molecule has 1 amide bonds. The zero-order valence-corrected chi connectivity index (χ0v) is 14.1. The van der Waals surface area contributed by atoms with Gasteiger partial charge in [-0.05, 0) is 42.4 Å². The predicted octanol–water partition coefficient (Wildman–Crippen LogP) is 2.12. The molecule has 2 aromatic rings. The molecule has 1 fully saturated rings. The first-order valence-corrected chi connectivity index (χ1v) is 8.89. The molecule has 1 aromatic heterocycles. The fraction of sp³-hybridized carbons (Fsp3) is 0.471. The molecule has 1 aromatic carbocycles. The van der Waals surface area contributed by atoms with Gasteiger partial charge in [-0.2, -0.15) is 0 Å². The Bertz CT molecular complexity index is 729. The molecule has 1 saturated heterocycles. The summed E-state index contributed by atoms with van der Waals surface area (Å²) in [5.74, 6) is 0.0948. The second-order valence-corrected chi connectivity index (χ2v) is 7.12. The smallest absolute Gasteiger partial charge is 0.267 e. The van der Waals surface area contributed by atoms with Gasteiger partial charge in [0.25, 0.3) is 5.91 Å². The van der Waals surface area contributed by atoms with Crippen LogP contribution < -0.4 is 0 Å². The van der Waals surface area contributed by atoms with E-state index in [0.29, 0.717) is 10.9 Å². The molecule has 2 aliphatic heterocycles. The Labute approximate surface area is 140 Å². The van der Waals surface area contributed by atoms with E-state index in [1.807, 2.05) is 11.8 Å². The van der Waals surface area contributed by atoms with Gasteiger partial charge in [0.1, 0.15) is 4.88 Å². The molecule has 0 saturated carbocycles. The van der Waals surface area contributed by atoms with Crippen LogP contribution in [0.2, 0.25) is 0 Å². The maximum Gasteiger partial charge on any atom is 0.267 e. The molecule has 23 heavy (non-hydrogen) atoms. The van der Waals surface area contributed by atoms with Gasteiger partial charge in [-0.15, -0.1) is 5.10 Å². The van der Waals surface area contributed by atoms with Crippen LogP contribution in [0.3, 0.4) is 0 Å². The predicted molar refractivity (Wildman–Crippen MR) is 89.5 cm³/mol. The van der Waals surface area contributed by atoms with Crippen molar-refractivity contribution in [3.05, 3.63) is 46.0 Å². The monoisotopic (exact) mass is 328 g/mol. The molecule has 6 heteroatoms. The zero-order valence-electron chi connectivity index (χ0n) is 13.2. The van der Waals surface area contributed by atoms with E-state index < -0.39 is 0 Å². The lowest BCUT2D eigenvalue weighted by Crippen LogP contribution is -2.41.